The number of pyridine rings is 1. The van der Waals surface area contributed by atoms with Gasteiger partial charge in [-0.1, -0.05) is 26.3 Å². The maximum atomic E-state index is 13.1. The fourth-order valence-electron chi connectivity index (χ4n) is 3.66. The maximum Gasteiger partial charge on any atom is 0.253 e. The standard InChI is InChI=1S/C24H32N4O2/c1-3-4-7-23(29)27-20-8-9-22(28-13-10-18(2)11-14-28)21(15-20)24(30)26-17-19-6-5-12-25-16-19/h5-6,8-9,12,15-16,18H,3-4,7,10-11,13-14,17H2,1-2H3,(H,26,30)(H,27,29). The van der Waals surface area contributed by atoms with E-state index in [0.29, 0.717) is 30.1 Å². The molecule has 0 bridgehead atoms. The lowest BCUT2D eigenvalue weighted by atomic mass is 9.97. The molecule has 0 spiro atoms. The Morgan fingerprint density at radius 3 is 2.70 bits per heavy atom. The Bertz CT molecular complexity index is 846. The van der Waals surface area contributed by atoms with E-state index in [-0.39, 0.29) is 11.8 Å². The van der Waals surface area contributed by atoms with Gasteiger partial charge < -0.3 is 15.5 Å². The van der Waals surface area contributed by atoms with Gasteiger partial charge >= 0.3 is 0 Å². The quantitative estimate of drug-likeness (QED) is 0.680. The number of carbonyl (C=O) groups excluding carboxylic acids is 2. The monoisotopic (exact) mass is 408 g/mol. The summed E-state index contributed by atoms with van der Waals surface area (Å²) in [5.74, 6) is 0.552. The van der Waals surface area contributed by atoms with Crippen LogP contribution < -0.4 is 15.5 Å². The molecule has 1 fully saturated rings. The molecule has 1 saturated heterocycles. The topological polar surface area (TPSA) is 74.3 Å². The van der Waals surface area contributed by atoms with E-state index in [2.05, 4.69) is 34.4 Å². The van der Waals surface area contributed by atoms with Crippen molar-refractivity contribution in [3.63, 3.8) is 0 Å². The zero-order valence-electron chi connectivity index (χ0n) is 18.0. The number of nitrogens with one attached hydrogen (secondary N) is 2. The second kappa shape index (κ2) is 10.8. The third-order valence-electron chi connectivity index (χ3n) is 5.58. The number of hydrogen-bond donors (Lipinski definition) is 2. The zero-order valence-corrected chi connectivity index (χ0v) is 18.0. The summed E-state index contributed by atoms with van der Waals surface area (Å²) in [6.45, 7) is 6.62. The normalized spacial score (nSPS) is 14.4. The molecule has 2 N–H and O–H groups in total. The maximum absolute atomic E-state index is 13.1. The predicted molar refractivity (Wildman–Crippen MR) is 121 cm³/mol. The summed E-state index contributed by atoms with van der Waals surface area (Å²) in [5.41, 5.74) is 3.14. The van der Waals surface area contributed by atoms with Crippen LogP contribution in [0.5, 0.6) is 0 Å². The van der Waals surface area contributed by atoms with E-state index in [1.54, 1.807) is 18.5 Å². The first-order valence-electron chi connectivity index (χ1n) is 10.9. The van der Waals surface area contributed by atoms with Crippen molar-refractivity contribution in [2.24, 2.45) is 5.92 Å². The number of carbonyl (C=O) groups is 2. The summed E-state index contributed by atoms with van der Waals surface area (Å²) in [5, 5.41) is 5.94. The fraction of sp³-hybridized carbons (Fsp3) is 0.458. The van der Waals surface area contributed by atoms with Crippen LogP contribution in [0.1, 0.15) is 61.9 Å². The van der Waals surface area contributed by atoms with Gasteiger partial charge in [-0.25, -0.2) is 0 Å². The largest absolute Gasteiger partial charge is 0.371 e. The molecule has 0 atom stereocenters. The highest BCUT2D eigenvalue weighted by molar-refractivity contribution is 6.02. The number of amides is 2. The van der Waals surface area contributed by atoms with Crippen molar-refractivity contribution in [2.45, 2.75) is 52.5 Å². The molecule has 3 rings (SSSR count). The van der Waals surface area contributed by atoms with Crippen LogP contribution in [0.2, 0.25) is 0 Å². The number of benzene rings is 1. The molecule has 1 aromatic heterocycles. The predicted octanol–water partition coefficient (Wildman–Crippen LogP) is 4.38. The van der Waals surface area contributed by atoms with Gasteiger partial charge in [0.2, 0.25) is 5.91 Å². The molecule has 0 aliphatic carbocycles. The van der Waals surface area contributed by atoms with Crippen LogP contribution in [-0.4, -0.2) is 29.9 Å². The van der Waals surface area contributed by atoms with E-state index in [9.17, 15) is 9.59 Å². The van der Waals surface area contributed by atoms with Crippen LogP contribution in [0.3, 0.4) is 0 Å². The van der Waals surface area contributed by atoms with Gasteiger partial charge in [0.25, 0.3) is 5.91 Å². The van der Waals surface area contributed by atoms with Gasteiger partial charge in [0, 0.05) is 49.8 Å². The highest BCUT2D eigenvalue weighted by atomic mass is 16.2. The number of piperidine rings is 1. The Kier molecular flexibility index (Phi) is 7.82. The third kappa shape index (κ3) is 6.05. The van der Waals surface area contributed by atoms with Crippen LogP contribution >= 0.6 is 0 Å². The Morgan fingerprint density at radius 1 is 1.20 bits per heavy atom. The molecule has 1 aromatic carbocycles. The minimum absolute atomic E-state index is 0.0156. The van der Waals surface area contributed by atoms with Gasteiger partial charge in [-0.15, -0.1) is 0 Å². The van der Waals surface area contributed by atoms with E-state index < -0.39 is 0 Å². The van der Waals surface area contributed by atoms with Crippen molar-refractivity contribution in [1.82, 2.24) is 10.3 Å². The van der Waals surface area contributed by atoms with E-state index >= 15 is 0 Å². The first kappa shape index (κ1) is 21.8. The van der Waals surface area contributed by atoms with Crippen molar-refractivity contribution in [3.8, 4) is 0 Å². The average Bonchev–Trinajstić information content (AvgIpc) is 2.77. The number of anilines is 2. The van der Waals surface area contributed by atoms with Gasteiger partial charge in [-0.2, -0.15) is 0 Å². The fourth-order valence-corrected chi connectivity index (χ4v) is 3.66. The molecule has 160 valence electrons. The zero-order chi connectivity index (χ0) is 21.3. The summed E-state index contributed by atoms with van der Waals surface area (Å²) in [7, 11) is 0. The molecule has 2 amide bonds. The molecule has 0 saturated carbocycles. The number of nitrogens with zero attached hydrogens (tertiary/aromatic N) is 2. The Labute approximate surface area is 179 Å². The van der Waals surface area contributed by atoms with E-state index in [1.807, 2.05) is 24.3 Å². The summed E-state index contributed by atoms with van der Waals surface area (Å²) in [4.78, 5) is 31.6. The Hall–Kier alpha value is -2.89. The number of hydrogen-bond acceptors (Lipinski definition) is 4. The molecule has 2 aromatic rings. The lowest BCUT2D eigenvalue weighted by molar-refractivity contribution is -0.116. The van der Waals surface area contributed by atoms with E-state index in [1.165, 1.54) is 0 Å². The molecule has 6 nitrogen and oxygen atoms in total. The van der Waals surface area contributed by atoms with Crippen LogP contribution in [0.25, 0.3) is 0 Å². The van der Waals surface area contributed by atoms with Gasteiger partial charge in [-0.05, 0) is 55.0 Å². The molecular weight excluding hydrogens is 376 g/mol. The minimum atomic E-state index is -0.142. The lowest BCUT2D eigenvalue weighted by Crippen LogP contribution is -2.35. The lowest BCUT2D eigenvalue weighted by Gasteiger charge is -2.33. The molecule has 1 aliphatic heterocycles. The van der Waals surface area contributed by atoms with Crippen LogP contribution in [-0.2, 0) is 11.3 Å². The van der Waals surface area contributed by atoms with Gasteiger partial charge in [0.15, 0.2) is 0 Å². The summed E-state index contributed by atoms with van der Waals surface area (Å²) >= 11 is 0. The second-order valence-corrected chi connectivity index (χ2v) is 8.10. The molecule has 1 aliphatic rings. The second-order valence-electron chi connectivity index (χ2n) is 8.10. The van der Waals surface area contributed by atoms with Crippen LogP contribution in [0.15, 0.2) is 42.7 Å². The molecular formula is C24H32N4O2. The summed E-state index contributed by atoms with van der Waals surface area (Å²) in [6.07, 6.45) is 8.02. The summed E-state index contributed by atoms with van der Waals surface area (Å²) in [6, 6.07) is 9.45. The molecule has 2 heterocycles. The van der Waals surface area contributed by atoms with Crippen LogP contribution in [0.4, 0.5) is 11.4 Å². The van der Waals surface area contributed by atoms with Crippen molar-refractivity contribution in [1.29, 1.82) is 0 Å². The average molecular weight is 409 g/mol. The highest BCUT2D eigenvalue weighted by Gasteiger charge is 2.22. The number of unbranched alkanes of at least 4 members (excludes halogenated alkanes) is 1. The molecule has 0 radical (unpaired) electrons. The van der Waals surface area contributed by atoms with Gasteiger partial charge in [0.05, 0.1) is 5.56 Å². The van der Waals surface area contributed by atoms with E-state index in [4.69, 9.17) is 0 Å². The van der Waals surface area contributed by atoms with Crippen molar-refractivity contribution in [2.75, 3.05) is 23.3 Å². The van der Waals surface area contributed by atoms with Crippen molar-refractivity contribution < 1.29 is 9.59 Å². The van der Waals surface area contributed by atoms with Gasteiger partial charge in [-0.3, -0.25) is 14.6 Å². The van der Waals surface area contributed by atoms with Crippen molar-refractivity contribution in [3.05, 3.63) is 53.9 Å². The SMILES string of the molecule is CCCCC(=O)Nc1ccc(N2CCC(C)CC2)c(C(=O)NCc2cccnc2)c1. The highest BCUT2D eigenvalue weighted by Crippen LogP contribution is 2.29. The first-order chi connectivity index (χ1) is 14.6. The molecule has 0 unspecified atom stereocenters. The number of aromatic nitrogens is 1. The third-order valence-corrected chi connectivity index (χ3v) is 5.58. The smallest absolute Gasteiger partial charge is 0.253 e. The minimum Gasteiger partial charge on any atom is -0.371 e. The first-order valence-corrected chi connectivity index (χ1v) is 10.9. The summed E-state index contributed by atoms with van der Waals surface area (Å²) < 4.78 is 0. The molecule has 30 heavy (non-hydrogen) atoms. The Morgan fingerprint density at radius 2 is 2.00 bits per heavy atom. The van der Waals surface area contributed by atoms with E-state index in [0.717, 1.165) is 50.0 Å². The Balaban J connectivity index is 1.78. The van der Waals surface area contributed by atoms with Crippen LogP contribution in [0, 0.1) is 5.92 Å². The van der Waals surface area contributed by atoms with Gasteiger partial charge in [0.1, 0.15) is 0 Å². The molecule has 6 heteroatoms. The van der Waals surface area contributed by atoms with Crippen molar-refractivity contribution >= 4 is 23.2 Å². The number of rotatable bonds is 8.